The molecule has 0 heterocycles. The van der Waals surface area contributed by atoms with Gasteiger partial charge in [0.1, 0.15) is 5.82 Å². The highest BCUT2D eigenvalue weighted by atomic mass is 79.9. The summed E-state index contributed by atoms with van der Waals surface area (Å²) in [4.78, 5) is 13.5. The largest absolute Gasteiger partial charge is 0.336 e. The summed E-state index contributed by atoms with van der Waals surface area (Å²) in [6.07, 6.45) is 1.77. The van der Waals surface area contributed by atoms with Crippen molar-refractivity contribution in [3.8, 4) is 0 Å². The number of rotatable bonds is 4. The molecule has 0 atom stereocenters. The highest BCUT2D eigenvalue weighted by Crippen LogP contribution is 2.31. The zero-order valence-corrected chi connectivity index (χ0v) is 13.7. The summed E-state index contributed by atoms with van der Waals surface area (Å²) in [5, 5.41) is 0. The van der Waals surface area contributed by atoms with Gasteiger partial charge in [0.15, 0.2) is 0 Å². The summed E-state index contributed by atoms with van der Waals surface area (Å²) in [7, 11) is 1.22. The Morgan fingerprint density at radius 2 is 2.10 bits per heavy atom. The third-order valence-electron chi connectivity index (χ3n) is 3.10. The van der Waals surface area contributed by atoms with E-state index >= 15 is 0 Å². The third kappa shape index (κ3) is 3.15. The molecule has 0 spiro atoms. The Balaban J connectivity index is 2.48. The Hall–Kier alpha value is -0.660. The van der Waals surface area contributed by atoms with Crippen LogP contribution >= 0.6 is 26.6 Å². The van der Waals surface area contributed by atoms with Crippen molar-refractivity contribution < 1.29 is 17.6 Å². The summed E-state index contributed by atoms with van der Waals surface area (Å²) in [6, 6.07) is 2.05. The first-order valence-corrected chi connectivity index (χ1v) is 9.10. The fraction of sp³-hybridized carbons (Fsp3) is 0.417. The van der Waals surface area contributed by atoms with Gasteiger partial charge in [-0.1, -0.05) is 0 Å². The van der Waals surface area contributed by atoms with Crippen molar-refractivity contribution in [2.75, 3.05) is 6.54 Å². The third-order valence-corrected chi connectivity index (χ3v) is 5.38. The van der Waals surface area contributed by atoms with Gasteiger partial charge in [-0.2, -0.15) is 0 Å². The molecular weight excluding hydrogens is 373 g/mol. The molecule has 1 aromatic carbocycles. The quantitative estimate of drug-likeness (QED) is 0.749. The van der Waals surface area contributed by atoms with Gasteiger partial charge in [-0.25, -0.2) is 12.8 Å². The molecule has 1 saturated carbocycles. The zero-order chi connectivity index (χ0) is 15.1. The molecule has 0 radical (unpaired) electrons. The van der Waals surface area contributed by atoms with Crippen LogP contribution < -0.4 is 0 Å². The molecular formula is C12H12BrClFNO3S. The van der Waals surface area contributed by atoms with Gasteiger partial charge in [0.25, 0.3) is 15.0 Å². The lowest BCUT2D eigenvalue weighted by Crippen LogP contribution is -2.33. The molecule has 1 aromatic rings. The maximum Gasteiger partial charge on any atom is 0.262 e. The van der Waals surface area contributed by atoms with Crippen LogP contribution in [0.5, 0.6) is 0 Å². The maximum atomic E-state index is 13.9. The van der Waals surface area contributed by atoms with Crippen molar-refractivity contribution in [3.63, 3.8) is 0 Å². The number of carbonyl (C=O) groups is 1. The van der Waals surface area contributed by atoms with Crippen molar-refractivity contribution in [2.45, 2.75) is 30.7 Å². The first kappa shape index (κ1) is 15.7. The van der Waals surface area contributed by atoms with Crippen LogP contribution in [0, 0.1) is 5.82 Å². The van der Waals surface area contributed by atoms with Gasteiger partial charge in [-0.05, 0) is 47.8 Å². The number of nitrogens with zero attached hydrogens (tertiary/aromatic N) is 1. The Morgan fingerprint density at radius 1 is 1.50 bits per heavy atom. The van der Waals surface area contributed by atoms with E-state index in [1.807, 2.05) is 0 Å². The van der Waals surface area contributed by atoms with E-state index in [-0.39, 0.29) is 21.0 Å². The van der Waals surface area contributed by atoms with E-state index in [0.29, 0.717) is 6.54 Å². The first-order valence-electron chi connectivity index (χ1n) is 6.00. The van der Waals surface area contributed by atoms with Crippen molar-refractivity contribution in [2.24, 2.45) is 0 Å². The molecule has 110 valence electrons. The molecule has 1 amide bonds. The van der Waals surface area contributed by atoms with Gasteiger partial charge in [0.2, 0.25) is 0 Å². The summed E-state index contributed by atoms with van der Waals surface area (Å²) in [6.45, 7) is 2.24. The van der Waals surface area contributed by atoms with Gasteiger partial charge in [-0.3, -0.25) is 4.79 Å². The second kappa shape index (κ2) is 5.61. The molecule has 0 saturated heterocycles. The molecule has 20 heavy (non-hydrogen) atoms. The molecule has 4 nitrogen and oxygen atoms in total. The number of hydrogen-bond donors (Lipinski definition) is 0. The summed E-state index contributed by atoms with van der Waals surface area (Å²) < 4.78 is 36.8. The number of amides is 1. The molecule has 2 rings (SSSR count). The van der Waals surface area contributed by atoms with Crippen LogP contribution in [-0.4, -0.2) is 31.8 Å². The van der Waals surface area contributed by atoms with Crippen molar-refractivity contribution >= 4 is 41.6 Å². The summed E-state index contributed by atoms with van der Waals surface area (Å²) in [5.41, 5.74) is -0.277. The maximum absolute atomic E-state index is 13.9. The van der Waals surface area contributed by atoms with Crippen molar-refractivity contribution in [3.05, 3.63) is 28.0 Å². The fourth-order valence-electron chi connectivity index (χ4n) is 1.99. The Kier molecular flexibility index (Phi) is 4.41. The Morgan fingerprint density at radius 3 is 2.55 bits per heavy atom. The topological polar surface area (TPSA) is 54.5 Å². The molecule has 1 aliphatic carbocycles. The molecule has 0 bridgehead atoms. The zero-order valence-electron chi connectivity index (χ0n) is 10.6. The average molecular weight is 385 g/mol. The molecule has 0 N–H and O–H groups in total. The number of benzene rings is 1. The molecule has 1 aliphatic rings. The van der Waals surface area contributed by atoms with Crippen molar-refractivity contribution in [1.29, 1.82) is 0 Å². The van der Waals surface area contributed by atoms with E-state index in [2.05, 4.69) is 15.9 Å². The van der Waals surface area contributed by atoms with E-state index in [4.69, 9.17) is 10.7 Å². The van der Waals surface area contributed by atoms with E-state index in [0.717, 1.165) is 25.0 Å². The van der Waals surface area contributed by atoms with Crippen LogP contribution in [0.4, 0.5) is 4.39 Å². The lowest BCUT2D eigenvalue weighted by atomic mass is 10.2. The van der Waals surface area contributed by atoms with Gasteiger partial charge in [0.05, 0.1) is 10.5 Å². The summed E-state index contributed by atoms with van der Waals surface area (Å²) >= 11 is 2.93. The van der Waals surface area contributed by atoms with E-state index < -0.39 is 20.8 Å². The average Bonchev–Trinajstić information content (AvgIpc) is 3.12. The SMILES string of the molecule is CCN(C(=O)c1cc(S(=O)(=O)Cl)c(Br)cc1F)C1CC1. The normalized spacial score (nSPS) is 15.2. The van der Waals surface area contributed by atoms with Gasteiger partial charge < -0.3 is 4.90 Å². The molecule has 0 unspecified atom stereocenters. The van der Waals surface area contributed by atoms with Crippen LogP contribution in [0.25, 0.3) is 0 Å². The van der Waals surface area contributed by atoms with Crippen LogP contribution in [0.1, 0.15) is 30.1 Å². The lowest BCUT2D eigenvalue weighted by molar-refractivity contribution is 0.0747. The number of carbonyl (C=O) groups excluding carboxylic acids is 1. The second-order valence-corrected chi connectivity index (χ2v) is 7.91. The van der Waals surface area contributed by atoms with E-state index in [1.54, 1.807) is 6.92 Å². The second-order valence-electron chi connectivity index (χ2n) is 4.52. The predicted molar refractivity (Wildman–Crippen MR) is 76.9 cm³/mol. The minimum Gasteiger partial charge on any atom is -0.336 e. The van der Waals surface area contributed by atoms with E-state index in [1.165, 1.54) is 4.90 Å². The first-order chi connectivity index (χ1) is 9.25. The summed E-state index contributed by atoms with van der Waals surface area (Å²) in [5.74, 6) is -1.29. The minimum atomic E-state index is -4.06. The Bertz CT molecular complexity index is 661. The number of hydrogen-bond acceptors (Lipinski definition) is 3. The Labute approximate surface area is 129 Å². The van der Waals surface area contributed by atoms with Crippen molar-refractivity contribution in [1.82, 2.24) is 4.90 Å². The van der Waals surface area contributed by atoms with Crippen LogP contribution in [0.2, 0.25) is 0 Å². The lowest BCUT2D eigenvalue weighted by Gasteiger charge is -2.21. The number of halogens is 3. The molecule has 8 heteroatoms. The van der Waals surface area contributed by atoms with Crippen LogP contribution in [0.15, 0.2) is 21.5 Å². The van der Waals surface area contributed by atoms with E-state index in [9.17, 15) is 17.6 Å². The molecule has 1 fully saturated rings. The van der Waals surface area contributed by atoms with Gasteiger partial charge in [-0.15, -0.1) is 0 Å². The molecule has 0 aromatic heterocycles. The van der Waals surface area contributed by atoms with Gasteiger partial charge >= 0.3 is 0 Å². The monoisotopic (exact) mass is 383 g/mol. The predicted octanol–water partition coefficient (Wildman–Crippen LogP) is 3.14. The van der Waals surface area contributed by atoms with Crippen LogP contribution in [-0.2, 0) is 9.05 Å². The standard InChI is InChI=1S/C12H12BrClFNO3S/c1-2-16(7-3-4-7)12(17)8-5-11(20(14,18)19)9(13)6-10(8)15/h5-7H,2-4H2,1H3. The molecule has 0 aliphatic heterocycles. The highest BCUT2D eigenvalue weighted by Gasteiger charge is 2.33. The van der Waals surface area contributed by atoms with Gasteiger partial charge in [0, 0.05) is 27.7 Å². The highest BCUT2D eigenvalue weighted by molar-refractivity contribution is 9.10. The van der Waals surface area contributed by atoms with Crippen LogP contribution in [0.3, 0.4) is 0 Å². The minimum absolute atomic E-state index is 0.00368. The smallest absolute Gasteiger partial charge is 0.262 e. The fourth-order valence-corrected chi connectivity index (χ4v) is 4.16.